The van der Waals surface area contributed by atoms with Crippen LogP contribution in [0.15, 0.2) is 29.2 Å². The fourth-order valence-electron chi connectivity index (χ4n) is 2.48. The van der Waals surface area contributed by atoms with E-state index in [1.165, 1.54) is 12.1 Å². The molecule has 0 aromatic heterocycles. The molecule has 0 atom stereocenters. The average molecular weight is 321 g/mol. The van der Waals surface area contributed by atoms with Gasteiger partial charge in [-0.3, -0.25) is 4.72 Å². The molecule has 0 amide bonds. The summed E-state index contributed by atoms with van der Waals surface area (Å²) in [5, 5.41) is 0. The molecule has 0 radical (unpaired) electrons. The largest absolute Gasteiger partial charge is 0.279 e. The molecule has 0 saturated carbocycles. The Labute approximate surface area is 131 Å². The quantitative estimate of drug-likeness (QED) is 0.922. The third-order valence-corrected chi connectivity index (χ3v) is 5.65. The van der Waals surface area contributed by atoms with E-state index in [1.807, 2.05) is 19.9 Å². The van der Waals surface area contributed by atoms with Gasteiger partial charge in [-0.05, 0) is 74.6 Å². The summed E-state index contributed by atoms with van der Waals surface area (Å²) in [6, 6.07) is 6.02. The van der Waals surface area contributed by atoms with Crippen LogP contribution in [-0.2, 0) is 10.0 Å². The van der Waals surface area contributed by atoms with Gasteiger partial charge in [0.05, 0.1) is 10.6 Å². The van der Waals surface area contributed by atoms with E-state index in [9.17, 15) is 12.8 Å². The Morgan fingerprint density at radius 3 is 1.95 bits per heavy atom. The molecular formula is C17H20FNO2S. The lowest BCUT2D eigenvalue weighted by Crippen LogP contribution is -2.17. The van der Waals surface area contributed by atoms with Crippen LogP contribution in [0.4, 0.5) is 10.1 Å². The van der Waals surface area contributed by atoms with Crippen molar-refractivity contribution in [3.8, 4) is 0 Å². The molecule has 2 aromatic rings. The average Bonchev–Trinajstić information content (AvgIpc) is 2.40. The summed E-state index contributed by atoms with van der Waals surface area (Å²) in [6.45, 7) is 9.07. The van der Waals surface area contributed by atoms with Gasteiger partial charge in [0.25, 0.3) is 10.0 Å². The fraction of sp³-hybridized carbons (Fsp3) is 0.294. The number of hydrogen-bond donors (Lipinski definition) is 1. The van der Waals surface area contributed by atoms with Gasteiger partial charge in [0.2, 0.25) is 0 Å². The standard InChI is InChI=1S/C17H20FNO2S/c1-10-6-7-15(18)9-16(10)19-22(20,21)17-13(4)11(2)8-12(3)14(17)5/h6-9,19H,1-5H3. The number of rotatable bonds is 3. The first-order valence-electron chi connectivity index (χ1n) is 7.00. The molecule has 0 unspecified atom stereocenters. The highest BCUT2D eigenvalue weighted by molar-refractivity contribution is 7.92. The zero-order valence-corrected chi connectivity index (χ0v) is 14.2. The highest BCUT2D eigenvalue weighted by Gasteiger charge is 2.22. The van der Waals surface area contributed by atoms with Gasteiger partial charge in [-0.25, -0.2) is 12.8 Å². The fourth-order valence-corrected chi connectivity index (χ4v) is 4.22. The normalized spacial score (nSPS) is 11.5. The molecule has 0 heterocycles. The molecule has 0 bridgehead atoms. The predicted octanol–water partition coefficient (Wildman–Crippen LogP) is 4.17. The Kier molecular flexibility index (Phi) is 4.29. The number of anilines is 1. The van der Waals surface area contributed by atoms with Gasteiger partial charge in [0, 0.05) is 0 Å². The van der Waals surface area contributed by atoms with Gasteiger partial charge in [-0.15, -0.1) is 0 Å². The molecule has 1 N–H and O–H groups in total. The van der Waals surface area contributed by atoms with Crippen LogP contribution in [0.2, 0.25) is 0 Å². The second kappa shape index (κ2) is 5.72. The zero-order valence-electron chi connectivity index (χ0n) is 13.4. The van der Waals surface area contributed by atoms with E-state index >= 15 is 0 Å². The summed E-state index contributed by atoms with van der Waals surface area (Å²) in [5.41, 5.74) is 4.19. The van der Waals surface area contributed by atoms with E-state index in [0.717, 1.165) is 11.1 Å². The van der Waals surface area contributed by atoms with Crippen LogP contribution in [0.25, 0.3) is 0 Å². The van der Waals surface area contributed by atoms with Crippen LogP contribution in [0, 0.1) is 40.4 Å². The molecule has 0 aliphatic carbocycles. The molecule has 0 spiro atoms. The van der Waals surface area contributed by atoms with Gasteiger partial charge >= 0.3 is 0 Å². The number of nitrogens with one attached hydrogen (secondary N) is 1. The van der Waals surface area contributed by atoms with E-state index < -0.39 is 15.8 Å². The first kappa shape index (κ1) is 16.5. The Balaban J connectivity index is 2.59. The summed E-state index contributed by atoms with van der Waals surface area (Å²) < 4.78 is 41.4. The van der Waals surface area contributed by atoms with Gasteiger partial charge < -0.3 is 0 Å². The van der Waals surface area contributed by atoms with Gasteiger partial charge in [0.1, 0.15) is 5.82 Å². The SMILES string of the molecule is Cc1ccc(F)cc1NS(=O)(=O)c1c(C)c(C)cc(C)c1C. The maximum atomic E-state index is 13.4. The third kappa shape index (κ3) is 2.99. The summed E-state index contributed by atoms with van der Waals surface area (Å²) in [7, 11) is -3.78. The first-order valence-corrected chi connectivity index (χ1v) is 8.48. The van der Waals surface area contributed by atoms with Crippen LogP contribution in [-0.4, -0.2) is 8.42 Å². The minimum Gasteiger partial charge on any atom is -0.279 e. The van der Waals surface area contributed by atoms with E-state index in [2.05, 4.69) is 4.72 Å². The molecular weight excluding hydrogens is 301 g/mol. The van der Waals surface area contributed by atoms with E-state index in [0.29, 0.717) is 16.7 Å². The van der Waals surface area contributed by atoms with Crippen LogP contribution < -0.4 is 4.72 Å². The predicted molar refractivity (Wildman–Crippen MR) is 87.3 cm³/mol. The van der Waals surface area contributed by atoms with Crippen LogP contribution in [0.1, 0.15) is 27.8 Å². The summed E-state index contributed by atoms with van der Waals surface area (Å²) >= 11 is 0. The smallest absolute Gasteiger partial charge is 0.262 e. The van der Waals surface area contributed by atoms with Crippen LogP contribution in [0.3, 0.4) is 0 Å². The monoisotopic (exact) mass is 321 g/mol. The summed E-state index contributed by atoms with van der Waals surface area (Å²) in [5.74, 6) is -0.475. The molecule has 0 saturated heterocycles. The van der Waals surface area contributed by atoms with Crippen LogP contribution in [0.5, 0.6) is 0 Å². The van der Waals surface area contributed by atoms with Crippen molar-refractivity contribution in [2.24, 2.45) is 0 Å². The van der Waals surface area contributed by atoms with Crippen molar-refractivity contribution in [1.29, 1.82) is 0 Å². The van der Waals surface area contributed by atoms with Crippen molar-refractivity contribution in [2.75, 3.05) is 4.72 Å². The lowest BCUT2D eigenvalue weighted by Gasteiger charge is -2.17. The van der Waals surface area contributed by atoms with Crippen molar-refractivity contribution in [3.05, 3.63) is 57.9 Å². The van der Waals surface area contributed by atoms with Gasteiger partial charge in [-0.1, -0.05) is 12.1 Å². The van der Waals surface area contributed by atoms with Crippen molar-refractivity contribution < 1.29 is 12.8 Å². The molecule has 0 aliphatic rings. The molecule has 5 heteroatoms. The Morgan fingerprint density at radius 2 is 1.41 bits per heavy atom. The van der Waals surface area contributed by atoms with Crippen molar-refractivity contribution in [1.82, 2.24) is 0 Å². The molecule has 2 aromatic carbocycles. The zero-order chi connectivity index (χ0) is 16.7. The molecule has 3 nitrogen and oxygen atoms in total. The number of halogens is 1. The highest BCUT2D eigenvalue weighted by Crippen LogP contribution is 2.28. The van der Waals surface area contributed by atoms with Crippen molar-refractivity contribution in [3.63, 3.8) is 0 Å². The van der Waals surface area contributed by atoms with E-state index in [4.69, 9.17) is 0 Å². The highest BCUT2D eigenvalue weighted by atomic mass is 32.2. The Hall–Kier alpha value is -1.88. The summed E-state index contributed by atoms with van der Waals surface area (Å²) in [4.78, 5) is 0.272. The number of benzene rings is 2. The van der Waals surface area contributed by atoms with Crippen molar-refractivity contribution in [2.45, 2.75) is 39.5 Å². The van der Waals surface area contributed by atoms with Crippen molar-refractivity contribution >= 4 is 15.7 Å². The number of aryl methyl sites for hydroxylation is 3. The lowest BCUT2D eigenvalue weighted by atomic mass is 10.0. The second-order valence-corrected chi connectivity index (χ2v) is 7.27. The maximum Gasteiger partial charge on any atom is 0.262 e. The number of sulfonamides is 1. The molecule has 0 fully saturated rings. The minimum absolute atomic E-state index is 0.262. The number of hydrogen-bond acceptors (Lipinski definition) is 2. The van der Waals surface area contributed by atoms with Gasteiger partial charge in [-0.2, -0.15) is 0 Å². The first-order chi connectivity index (χ1) is 10.1. The topological polar surface area (TPSA) is 46.2 Å². The lowest BCUT2D eigenvalue weighted by molar-refractivity contribution is 0.599. The molecule has 2 rings (SSSR count). The maximum absolute atomic E-state index is 13.4. The molecule has 0 aliphatic heterocycles. The third-order valence-electron chi connectivity index (χ3n) is 4.01. The van der Waals surface area contributed by atoms with E-state index in [1.54, 1.807) is 26.8 Å². The Bertz CT molecular complexity index is 816. The molecule has 22 heavy (non-hydrogen) atoms. The Morgan fingerprint density at radius 1 is 0.864 bits per heavy atom. The second-order valence-electron chi connectivity index (χ2n) is 5.65. The molecule has 118 valence electrons. The minimum atomic E-state index is -3.78. The summed E-state index contributed by atoms with van der Waals surface area (Å²) in [6.07, 6.45) is 0. The van der Waals surface area contributed by atoms with Gasteiger partial charge in [0.15, 0.2) is 0 Å². The van der Waals surface area contributed by atoms with E-state index in [-0.39, 0.29) is 10.6 Å². The van der Waals surface area contributed by atoms with Crippen LogP contribution >= 0.6 is 0 Å².